The van der Waals surface area contributed by atoms with Gasteiger partial charge in [-0.3, -0.25) is 0 Å². The second-order valence-electron chi connectivity index (χ2n) is 6.55. The Morgan fingerprint density at radius 1 is 0.885 bits per heavy atom. The summed E-state index contributed by atoms with van der Waals surface area (Å²) in [7, 11) is 0. The molecule has 0 spiro atoms. The van der Waals surface area contributed by atoms with Gasteiger partial charge in [0.05, 0.1) is 0 Å². The van der Waals surface area contributed by atoms with Crippen LogP contribution in [0, 0.1) is 6.92 Å². The normalized spacial score (nSPS) is 16.0. The molecule has 1 atom stereocenters. The van der Waals surface area contributed by atoms with Gasteiger partial charge in [0, 0.05) is 5.70 Å². The van der Waals surface area contributed by atoms with Crippen molar-refractivity contribution in [3.05, 3.63) is 95.8 Å². The van der Waals surface area contributed by atoms with E-state index in [1.807, 2.05) is 17.7 Å². The van der Waals surface area contributed by atoms with E-state index in [0.29, 0.717) is 0 Å². The third-order valence-electron chi connectivity index (χ3n) is 4.77. The minimum atomic E-state index is 0.0233. The van der Waals surface area contributed by atoms with Crippen molar-refractivity contribution in [3.8, 4) is 0 Å². The summed E-state index contributed by atoms with van der Waals surface area (Å²) in [6.07, 6.45) is 2.22. The zero-order valence-corrected chi connectivity index (χ0v) is 14.4. The van der Waals surface area contributed by atoms with Crippen molar-refractivity contribution >= 4 is 22.4 Å². The van der Waals surface area contributed by atoms with Crippen LogP contribution in [0.3, 0.4) is 0 Å². The highest BCUT2D eigenvalue weighted by Crippen LogP contribution is 2.33. The topological polar surface area (TPSA) is 42.7 Å². The monoisotopic (exact) mass is 338 g/mol. The van der Waals surface area contributed by atoms with Crippen molar-refractivity contribution in [2.45, 2.75) is 13.0 Å². The lowest BCUT2D eigenvalue weighted by atomic mass is 10.00. The van der Waals surface area contributed by atoms with Crippen molar-refractivity contribution in [1.82, 2.24) is 14.8 Å². The van der Waals surface area contributed by atoms with Gasteiger partial charge in [0.1, 0.15) is 11.9 Å². The lowest BCUT2D eigenvalue weighted by molar-refractivity contribution is 0.607. The van der Waals surface area contributed by atoms with E-state index in [1.165, 1.54) is 16.3 Å². The van der Waals surface area contributed by atoms with E-state index in [2.05, 4.69) is 88.2 Å². The maximum absolute atomic E-state index is 4.59. The Morgan fingerprint density at radius 3 is 2.50 bits per heavy atom. The third-order valence-corrected chi connectivity index (χ3v) is 4.77. The number of aryl methyl sites for hydroxylation is 1. The van der Waals surface area contributed by atoms with Crippen molar-refractivity contribution < 1.29 is 0 Å². The first kappa shape index (κ1) is 14.9. The number of aromatic nitrogens is 3. The summed E-state index contributed by atoms with van der Waals surface area (Å²) >= 11 is 0. The number of benzene rings is 3. The molecule has 0 amide bonds. The minimum absolute atomic E-state index is 0.0233. The number of rotatable bonds is 2. The molecular formula is C22H18N4. The van der Waals surface area contributed by atoms with Gasteiger partial charge in [-0.25, -0.2) is 4.68 Å². The average molecular weight is 338 g/mol. The highest BCUT2D eigenvalue weighted by Gasteiger charge is 2.24. The number of allylic oxidation sites excluding steroid dienone is 1. The molecule has 0 saturated heterocycles. The fourth-order valence-electron chi connectivity index (χ4n) is 3.51. The van der Waals surface area contributed by atoms with Crippen molar-refractivity contribution in [2.75, 3.05) is 5.32 Å². The molecule has 5 rings (SSSR count). The van der Waals surface area contributed by atoms with E-state index in [1.54, 1.807) is 0 Å². The lowest BCUT2D eigenvalue weighted by Crippen LogP contribution is -2.20. The van der Waals surface area contributed by atoms with Gasteiger partial charge in [-0.1, -0.05) is 66.7 Å². The summed E-state index contributed by atoms with van der Waals surface area (Å²) in [5.41, 5.74) is 3.40. The number of anilines is 1. The highest BCUT2D eigenvalue weighted by atomic mass is 15.4. The van der Waals surface area contributed by atoms with Gasteiger partial charge in [-0.2, -0.15) is 10.1 Å². The molecule has 0 saturated carbocycles. The van der Waals surface area contributed by atoms with E-state index < -0.39 is 0 Å². The second-order valence-corrected chi connectivity index (χ2v) is 6.55. The summed E-state index contributed by atoms with van der Waals surface area (Å²) in [5.74, 6) is 1.55. The van der Waals surface area contributed by atoms with E-state index in [4.69, 9.17) is 0 Å². The van der Waals surface area contributed by atoms with Gasteiger partial charge in [0.15, 0.2) is 0 Å². The predicted molar refractivity (Wildman–Crippen MR) is 105 cm³/mol. The second kappa shape index (κ2) is 5.85. The highest BCUT2D eigenvalue weighted by molar-refractivity contribution is 5.88. The maximum Gasteiger partial charge on any atom is 0.226 e. The molecule has 0 aliphatic carbocycles. The average Bonchev–Trinajstić information content (AvgIpc) is 3.07. The molecule has 3 aromatic carbocycles. The Balaban J connectivity index is 1.65. The van der Waals surface area contributed by atoms with E-state index >= 15 is 0 Å². The van der Waals surface area contributed by atoms with Crippen LogP contribution in [-0.2, 0) is 0 Å². The standard InChI is InChI=1S/C22H18N4/c1-15-23-22-24-20(19-12-11-16-7-5-6-10-18(16)13-19)14-21(26(22)25-15)17-8-3-2-4-9-17/h2-14,21H,1H3,(H,23,24,25). The van der Waals surface area contributed by atoms with E-state index in [-0.39, 0.29) is 6.04 Å². The zero-order chi connectivity index (χ0) is 17.5. The van der Waals surface area contributed by atoms with E-state index in [9.17, 15) is 0 Å². The van der Waals surface area contributed by atoms with Crippen LogP contribution in [0.1, 0.15) is 23.0 Å². The molecular weight excluding hydrogens is 320 g/mol. The Bertz CT molecular complexity index is 1130. The fraction of sp³-hybridized carbons (Fsp3) is 0.0909. The van der Waals surface area contributed by atoms with Crippen LogP contribution >= 0.6 is 0 Å². The molecule has 0 radical (unpaired) electrons. The van der Waals surface area contributed by atoms with Crippen LogP contribution in [0.4, 0.5) is 5.95 Å². The molecule has 1 aliphatic heterocycles. The molecule has 1 aromatic heterocycles. The van der Waals surface area contributed by atoms with Crippen LogP contribution in [0.15, 0.2) is 78.9 Å². The Kier molecular flexibility index (Phi) is 3.35. The van der Waals surface area contributed by atoms with E-state index in [0.717, 1.165) is 23.0 Å². The summed E-state index contributed by atoms with van der Waals surface area (Å²) in [4.78, 5) is 4.56. The van der Waals surface area contributed by atoms with Gasteiger partial charge in [-0.05, 0) is 41.0 Å². The number of nitrogens with one attached hydrogen (secondary N) is 1. The minimum Gasteiger partial charge on any atom is -0.324 e. The summed E-state index contributed by atoms with van der Waals surface area (Å²) < 4.78 is 1.95. The molecule has 4 nitrogen and oxygen atoms in total. The molecule has 4 aromatic rings. The van der Waals surface area contributed by atoms with Crippen LogP contribution < -0.4 is 5.32 Å². The van der Waals surface area contributed by atoms with Crippen LogP contribution in [0.5, 0.6) is 0 Å². The van der Waals surface area contributed by atoms with Crippen molar-refractivity contribution in [1.29, 1.82) is 0 Å². The number of hydrogen-bond donors (Lipinski definition) is 1. The number of fused-ring (bicyclic) bond motifs is 2. The number of nitrogens with zero attached hydrogens (tertiary/aromatic N) is 3. The molecule has 0 fully saturated rings. The van der Waals surface area contributed by atoms with Gasteiger partial charge < -0.3 is 5.32 Å². The first-order valence-corrected chi connectivity index (χ1v) is 8.74. The summed E-state index contributed by atoms with van der Waals surface area (Å²) in [5, 5.41) is 10.5. The van der Waals surface area contributed by atoms with Crippen LogP contribution in [-0.4, -0.2) is 14.8 Å². The maximum atomic E-state index is 4.59. The molecule has 1 unspecified atom stereocenters. The predicted octanol–water partition coefficient (Wildman–Crippen LogP) is 4.80. The summed E-state index contributed by atoms with van der Waals surface area (Å²) in [6.45, 7) is 1.92. The quantitative estimate of drug-likeness (QED) is 0.571. The molecule has 1 aliphatic rings. The number of hydrogen-bond acceptors (Lipinski definition) is 3. The van der Waals surface area contributed by atoms with Crippen molar-refractivity contribution in [3.63, 3.8) is 0 Å². The lowest BCUT2D eigenvalue weighted by Gasteiger charge is -2.24. The summed E-state index contributed by atoms with van der Waals surface area (Å²) in [6, 6.07) is 25.4. The third kappa shape index (κ3) is 2.47. The molecule has 126 valence electrons. The van der Waals surface area contributed by atoms with Gasteiger partial charge in [-0.15, -0.1) is 0 Å². The van der Waals surface area contributed by atoms with Gasteiger partial charge in [0.25, 0.3) is 0 Å². The first-order valence-electron chi connectivity index (χ1n) is 8.74. The Labute approximate surface area is 151 Å². The largest absolute Gasteiger partial charge is 0.324 e. The first-order chi connectivity index (χ1) is 12.8. The zero-order valence-electron chi connectivity index (χ0n) is 14.4. The smallest absolute Gasteiger partial charge is 0.226 e. The molecule has 26 heavy (non-hydrogen) atoms. The fourth-order valence-corrected chi connectivity index (χ4v) is 3.51. The Hall–Kier alpha value is -3.40. The van der Waals surface area contributed by atoms with Crippen LogP contribution in [0.2, 0.25) is 0 Å². The van der Waals surface area contributed by atoms with Gasteiger partial charge >= 0.3 is 0 Å². The molecule has 4 heteroatoms. The van der Waals surface area contributed by atoms with Gasteiger partial charge in [0.2, 0.25) is 5.95 Å². The Morgan fingerprint density at radius 2 is 1.65 bits per heavy atom. The SMILES string of the molecule is Cc1nc2n(n1)C(c1ccccc1)C=C(c1ccc3ccccc3c1)N2. The van der Waals surface area contributed by atoms with Crippen molar-refractivity contribution in [2.24, 2.45) is 0 Å². The van der Waals surface area contributed by atoms with Crippen LogP contribution in [0.25, 0.3) is 16.5 Å². The molecule has 0 bridgehead atoms. The molecule has 1 N–H and O–H groups in total. The molecule has 2 heterocycles.